The van der Waals surface area contributed by atoms with Gasteiger partial charge >= 0.3 is 0 Å². The van der Waals surface area contributed by atoms with E-state index in [1.165, 1.54) is 0 Å². The van der Waals surface area contributed by atoms with E-state index in [-0.39, 0.29) is 6.10 Å². The number of allylic oxidation sites excluding steroid dienone is 1. The Kier molecular flexibility index (Phi) is 3.71. The fraction of sp³-hybridized carbons (Fsp3) is 0.500. The lowest BCUT2D eigenvalue weighted by Gasteiger charge is -2.05. The molecule has 1 atom stereocenters. The first-order chi connectivity index (χ1) is 6.24. The molecule has 0 amide bonds. The zero-order valence-electron chi connectivity index (χ0n) is 7.98. The van der Waals surface area contributed by atoms with Crippen molar-refractivity contribution in [2.24, 2.45) is 7.05 Å². The van der Waals surface area contributed by atoms with Crippen molar-refractivity contribution in [2.45, 2.75) is 25.4 Å². The Morgan fingerprint density at radius 1 is 1.77 bits per heavy atom. The molecule has 0 aliphatic rings. The number of nitrogens with zero attached hydrogens (tertiary/aromatic N) is 2. The lowest BCUT2D eigenvalue weighted by atomic mass is 10.1. The number of aromatic nitrogens is 2. The smallest absolute Gasteiger partial charge is 0.0820 e. The van der Waals surface area contributed by atoms with Gasteiger partial charge in [0, 0.05) is 18.8 Å². The van der Waals surface area contributed by atoms with Gasteiger partial charge in [0.1, 0.15) is 0 Å². The van der Waals surface area contributed by atoms with Gasteiger partial charge in [-0.3, -0.25) is 4.68 Å². The molecule has 0 fully saturated rings. The molecule has 1 unspecified atom stereocenters. The highest BCUT2D eigenvalue weighted by Crippen LogP contribution is 2.17. The Hall–Kier alpha value is -1.09. The monoisotopic (exact) mass is 180 g/mol. The van der Waals surface area contributed by atoms with Crippen molar-refractivity contribution in [1.82, 2.24) is 9.78 Å². The second-order valence-electron chi connectivity index (χ2n) is 3.18. The molecule has 1 N–H and O–H groups in total. The van der Waals surface area contributed by atoms with Gasteiger partial charge in [-0.05, 0) is 19.3 Å². The van der Waals surface area contributed by atoms with Gasteiger partial charge in [-0.25, -0.2) is 0 Å². The first-order valence-electron chi connectivity index (χ1n) is 4.51. The van der Waals surface area contributed by atoms with Crippen LogP contribution in [0, 0.1) is 0 Å². The predicted octanol–water partition coefficient (Wildman–Crippen LogP) is 1.81. The topological polar surface area (TPSA) is 38.1 Å². The molecule has 1 aromatic heterocycles. The number of rotatable bonds is 5. The van der Waals surface area contributed by atoms with Gasteiger partial charge in [0.15, 0.2) is 0 Å². The molecule has 0 radical (unpaired) electrons. The van der Waals surface area contributed by atoms with Crippen molar-refractivity contribution in [1.29, 1.82) is 0 Å². The minimum Gasteiger partial charge on any atom is -0.388 e. The normalized spacial score (nSPS) is 12.8. The number of hydrogen-bond donors (Lipinski definition) is 1. The van der Waals surface area contributed by atoms with E-state index in [1.807, 2.05) is 19.3 Å². The molecule has 3 heteroatoms. The summed E-state index contributed by atoms with van der Waals surface area (Å²) in [6, 6.07) is 0. The van der Waals surface area contributed by atoms with Gasteiger partial charge < -0.3 is 5.11 Å². The zero-order chi connectivity index (χ0) is 9.68. The summed E-state index contributed by atoms with van der Waals surface area (Å²) in [5.41, 5.74) is 0.895. The molecule has 0 aromatic carbocycles. The summed E-state index contributed by atoms with van der Waals surface area (Å²) in [7, 11) is 1.85. The average Bonchev–Trinajstić information content (AvgIpc) is 2.52. The molecule has 0 aliphatic heterocycles. The molecule has 1 aromatic rings. The van der Waals surface area contributed by atoms with Crippen LogP contribution in [-0.2, 0) is 7.05 Å². The van der Waals surface area contributed by atoms with Crippen LogP contribution in [-0.4, -0.2) is 14.9 Å². The minimum atomic E-state index is -0.381. The molecule has 0 saturated carbocycles. The van der Waals surface area contributed by atoms with Crippen LogP contribution >= 0.6 is 0 Å². The second-order valence-corrected chi connectivity index (χ2v) is 3.18. The first kappa shape index (κ1) is 9.99. The minimum absolute atomic E-state index is 0.381. The van der Waals surface area contributed by atoms with Crippen molar-refractivity contribution >= 4 is 0 Å². The van der Waals surface area contributed by atoms with E-state index in [0.717, 1.165) is 24.8 Å². The van der Waals surface area contributed by atoms with Crippen LogP contribution in [0.5, 0.6) is 0 Å². The molecule has 1 heterocycles. The van der Waals surface area contributed by atoms with E-state index < -0.39 is 0 Å². The Morgan fingerprint density at radius 3 is 3.08 bits per heavy atom. The number of aryl methyl sites for hydroxylation is 1. The standard InChI is InChI=1S/C10H16N2O/c1-3-4-5-6-10(13)9-7-11-12(2)8-9/h3,7-8,10,13H,1,4-6H2,2H3. The van der Waals surface area contributed by atoms with Gasteiger partial charge in [0.2, 0.25) is 0 Å². The molecule has 3 nitrogen and oxygen atoms in total. The van der Waals surface area contributed by atoms with Crippen LogP contribution in [0.3, 0.4) is 0 Å². The lowest BCUT2D eigenvalue weighted by molar-refractivity contribution is 0.165. The van der Waals surface area contributed by atoms with Crippen molar-refractivity contribution in [3.8, 4) is 0 Å². The SMILES string of the molecule is C=CCCCC(O)c1cnn(C)c1. The van der Waals surface area contributed by atoms with Crippen molar-refractivity contribution < 1.29 is 5.11 Å². The van der Waals surface area contributed by atoms with Crippen LogP contribution in [0.1, 0.15) is 30.9 Å². The van der Waals surface area contributed by atoms with Crippen LogP contribution < -0.4 is 0 Å². The Morgan fingerprint density at radius 2 is 2.54 bits per heavy atom. The number of aliphatic hydroxyl groups is 1. The molecule has 13 heavy (non-hydrogen) atoms. The van der Waals surface area contributed by atoms with Gasteiger partial charge in [-0.15, -0.1) is 6.58 Å². The van der Waals surface area contributed by atoms with Crippen molar-refractivity contribution in [2.75, 3.05) is 0 Å². The molecule has 72 valence electrons. The summed E-state index contributed by atoms with van der Waals surface area (Å²) in [6.07, 6.45) is 7.75. The molecule has 0 bridgehead atoms. The van der Waals surface area contributed by atoms with E-state index in [4.69, 9.17) is 0 Å². The van der Waals surface area contributed by atoms with E-state index >= 15 is 0 Å². The second kappa shape index (κ2) is 4.82. The van der Waals surface area contributed by atoms with Gasteiger partial charge in [0.05, 0.1) is 12.3 Å². The summed E-state index contributed by atoms with van der Waals surface area (Å²) >= 11 is 0. The third kappa shape index (κ3) is 3.03. The summed E-state index contributed by atoms with van der Waals surface area (Å²) in [4.78, 5) is 0. The van der Waals surface area contributed by atoms with Gasteiger partial charge in [0.25, 0.3) is 0 Å². The molecular weight excluding hydrogens is 164 g/mol. The van der Waals surface area contributed by atoms with E-state index in [2.05, 4.69) is 11.7 Å². The Labute approximate surface area is 78.7 Å². The van der Waals surface area contributed by atoms with Crippen molar-refractivity contribution in [3.63, 3.8) is 0 Å². The summed E-state index contributed by atoms with van der Waals surface area (Å²) in [6.45, 7) is 3.64. The Bertz CT molecular complexity index is 268. The van der Waals surface area contributed by atoms with E-state index in [9.17, 15) is 5.11 Å². The fourth-order valence-electron chi connectivity index (χ4n) is 1.23. The largest absolute Gasteiger partial charge is 0.388 e. The maximum atomic E-state index is 9.67. The summed E-state index contributed by atoms with van der Waals surface area (Å²) in [5.74, 6) is 0. The van der Waals surface area contributed by atoms with E-state index in [0.29, 0.717) is 0 Å². The third-order valence-electron chi connectivity index (χ3n) is 2.00. The third-order valence-corrected chi connectivity index (χ3v) is 2.00. The maximum absolute atomic E-state index is 9.67. The molecule has 1 rings (SSSR count). The molecular formula is C10H16N2O. The highest BCUT2D eigenvalue weighted by atomic mass is 16.3. The van der Waals surface area contributed by atoms with Crippen LogP contribution in [0.25, 0.3) is 0 Å². The number of unbranched alkanes of at least 4 members (excludes halogenated alkanes) is 1. The fourth-order valence-corrected chi connectivity index (χ4v) is 1.23. The molecule has 0 saturated heterocycles. The average molecular weight is 180 g/mol. The number of hydrogen-bond acceptors (Lipinski definition) is 2. The predicted molar refractivity (Wildman–Crippen MR) is 52.2 cm³/mol. The highest BCUT2D eigenvalue weighted by Gasteiger charge is 2.07. The quantitative estimate of drug-likeness (QED) is 0.554. The highest BCUT2D eigenvalue weighted by molar-refractivity contribution is 5.07. The maximum Gasteiger partial charge on any atom is 0.0820 e. The molecule has 0 spiro atoms. The van der Waals surface area contributed by atoms with Crippen LogP contribution in [0.2, 0.25) is 0 Å². The molecule has 0 aliphatic carbocycles. The number of aliphatic hydroxyl groups excluding tert-OH is 1. The van der Waals surface area contributed by atoms with Crippen molar-refractivity contribution in [3.05, 3.63) is 30.6 Å². The zero-order valence-corrected chi connectivity index (χ0v) is 7.98. The summed E-state index contributed by atoms with van der Waals surface area (Å²) < 4.78 is 1.70. The summed E-state index contributed by atoms with van der Waals surface area (Å²) in [5, 5.41) is 13.7. The van der Waals surface area contributed by atoms with Crippen LogP contribution in [0.4, 0.5) is 0 Å². The first-order valence-corrected chi connectivity index (χ1v) is 4.51. The Balaban J connectivity index is 2.39. The van der Waals surface area contributed by atoms with Crippen LogP contribution in [0.15, 0.2) is 25.0 Å². The lowest BCUT2D eigenvalue weighted by Crippen LogP contribution is -1.95. The van der Waals surface area contributed by atoms with Gasteiger partial charge in [-0.1, -0.05) is 6.08 Å². The van der Waals surface area contributed by atoms with E-state index in [1.54, 1.807) is 10.9 Å². The van der Waals surface area contributed by atoms with Gasteiger partial charge in [-0.2, -0.15) is 5.10 Å².